The van der Waals surface area contributed by atoms with E-state index in [1.54, 1.807) is 4.40 Å². The fourth-order valence-electron chi connectivity index (χ4n) is 3.76. The lowest BCUT2D eigenvalue weighted by Gasteiger charge is -2.29. The topological polar surface area (TPSA) is 112 Å². The predicted molar refractivity (Wildman–Crippen MR) is 146 cm³/mol. The van der Waals surface area contributed by atoms with Crippen LogP contribution < -0.4 is 20.9 Å². The van der Waals surface area contributed by atoms with E-state index >= 15 is 0 Å². The summed E-state index contributed by atoms with van der Waals surface area (Å²) in [7, 11) is 0. The first-order valence-corrected chi connectivity index (χ1v) is 13.0. The Bertz CT molecular complexity index is 1290. The molecule has 3 N–H and O–H groups in total. The minimum atomic E-state index is -0.136. The molecule has 2 aromatic carbocycles. The summed E-state index contributed by atoms with van der Waals surface area (Å²) in [5.74, 6) is 1.52. The molecule has 0 spiro atoms. The van der Waals surface area contributed by atoms with Crippen molar-refractivity contribution in [1.82, 2.24) is 24.6 Å². The van der Waals surface area contributed by atoms with E-state index < -0.39 is 0 Å². The van der Waals surface area contributed by atoms with Gasteiger partial charge in [-0.2, -0.15) is 9.97 Å². The number of anilines is 5. The maximum Gasteiger partial charge on any atom is 0.261 e. The van der Waals surface area contributed by atoms with Crippen molar-refractivity contribution in [3.63, 3.8) is 0 Å². The van der Waals surface area contributed by atoms with Gasteiger partial charge in [-0.25, -0.2) is 4.40 Å². The van der Waals surface area contributed by atoms with Gasteiger partial charge in [-0.1, -0.05) is 30.0 Å². The Balaban J connectivity index is 1.42. The SMILES string of the molecule is CCNc1nc(NCC)n2c(SCC(=O)Nc3ccc(N(c4ccccc4)C(C)C)cc3)nnc2n1. The summed E-state index contributed by atoms with van der Waals surface area (Å²) in [6.45, 7) is 9.64. The maximum absolute atomic E-state index is 12.7. The number of rotatable bonds is 11. The van der Waals surface area contributed by atoms with Gasteiger partial charge < -0.3 is 20.9 Å². The monoisotopic (exact) mass is 505 g/mol. The van der Waals surface area contributed by atoms with Crippen LogP contribution in [-0.2, 0) is 4.79 Å². The highest BCUT2D eigenvalue weighted by Crippen LogP contribution is 2.29. The first kappa shape index (κ1) is 25.2. The molecular formula is C25H31N9OS. The molecule has 0 radical (unpaired) electrons. The molecule has 0 saturated carbocycles. The Kier molecular flexibility index (Phi) is 8.21. The number of aromatic nitrogens is 5. The molecule has 0 aliphatic rings. The lowest BCUT2D eigenvalue weighted by molar-refractivity contribution is -0.113. The van der Waals surface area contributed by atoms with Crippen LogP contribution in [0.15, 0.2) is 59.8 Å². The van der Waals surface area contributed by atoms with Crippen LogP contribution in [0.4, 0.5) is 29.0 Å². The van der Waals surface area contributed by atoms with Crippen molar-refractivity contribution < 1.29 is 4.79 Å². The second-order valence-corrected chi connectivity index (χ2v) is 9.17. The number of thioether (sulfide) groups is 1. The van der Waals surface area contributed by atoms with Crippen molar-refractivity contribution in [3.05, 3.63) is 54.6 Å². The average Bonchev–Trinajstić information content (AvgIpc) is 3.28. The van der Waals surface area contributed by atoms with Crippen LogP contribution in [0.5, 0.6) is 0 Å². The Labute approximate surface area is 214 Å². The van der Waals surface area contributed by atoms with Gasteiger partial charge in [0, 0.05) is 36.2 Å². The van der Waals surface area contributed by atoms with Crippen LogP contribution in [0.1, 0.15) is 27.7 Å². The number of benzene rings is 2. The molecule has 0 bridgehead atoms. The third kappa shape index (κ3) is 5.85. The third-order valence-corrected chi connectivity index (χ3v) is 6.16. The zero-order chi connectivity index (χ0) is 25.5. The van der Waals surface area contributed by atoms with E-state index in [-0.39, 0.29) is 17.7 Å². The van der Waals surface area contributed by atoms with Gasteiger partial charge >= 0.3 is 0 Å². The summed E-state index contributed by atoms with van der Waals surface area (Å²) in [6.07, 6.45) is 0. The third-order valence-electron chi connectivity index (χ3n) is 5.23. The highest BCUT2D eigenvalue weighted by Gasteiger charge is 2.16. The number of carbonyl (C=O) groups excluding carboxylic acids is 1. The molecule has 4 aromatic rings. The number of hydrogen-bond acceptors (Lipinski definition) is 9. The number of hydrogen-bond donors (Lipinski definition) is 3. The number of fused-ring (bicyclic) bond motifs is 1. The predicted octanol–water partition coefficient (Wildman–Crippen LogP) is 4.66. The van der Waals surface area contributed by atoms with Gasteiger partial charge in [0.15, 0.2) is 5.16 Å². The lowest BCUT2D eigenvalue weighted by Crippen LogP contribution is -2.25. The van der Waals surface area contributed by atoms with Crippen LogP contribution >= 0.6 is 11.8 Å². The molecule has 1 amide bonds. The van der Waals surface area contributed by atoms with Crippen molar-refractivity contribution in [3.8, 4) is 0 Å². The molecule has 2 aromatic heterocycles. The normalized spacial score (nSPS) is 11.0. The number of carbonyl (C=O) groups is 1. The first-order valence-electron chi connectivity index (χ1n) is 12.0. The number of para-hydroxylation sites is 1. The highest BCUT2D eigenvalue weighted by atomic mass is 32.2. The van der Waals surface area contributed by atoms with Crippen LogP contribution in [0.3, 0.4) is 0 Å². The van der Waals surface area contributed by atoms with Gasteiger partial charge in [0.1, 0.15) is 0 Å². The fourth-order valence-corrected chi connectivity index (χ4v) is 4.49. The second-order valence-electron chi connectivity index (χ2n) is 8.23. The zero-order valence-corrected chi connectivity index (χ0v) is 21.7. The first-order chi connectivity index (χ1) is 17.5. The molecule has 10 nitrogen and oxygen atoms in total. The van der Waals surface area contributed by atoms with Gasteiger partial charge in [0.25, 0.3) is 5.78 Å². The Morgan fingerprint density at radius 3 is 2.31 bits per heavy atom. The standard InChI is InChI=1S/C25H31N9OS/c1-5-26-22-29-23(27-6-2)34-24(30-22)31-32-25(34)36-16-21(35)28-18-12-14-20(15-13-18)33(17(3)4)19-10-8-7-9-11-19/h7-15,17H,5-6,16H2,1-4H3,(H,28,35)(H2,26,27,29,30,31). The molecule has 0 aliphatic heterocycles. The van der Waals surface area contributed by atoms with E-state index in [1.807, 2.05) is 56.3 Å². The molecule has 0 unspecified atom stereocenters. The van der Waals surface area contributed by atoms with E-state index in [9.17, 15) is 4.79 Å². The molecule has 11 heteroatoms. The quantitative estimate of drug-likeness (QED) is 0.251. The summed E-state index contributed by atoms with van der Waals surface area (Å²) < 4.78 is 1.72. The van der Waals surface area contributed by atoms with Gasteiger partial charge in [-0.05, 0) is 64.1 Å². The molecule has 0 atom stereocenters. The molecule has 36 heavy (non-hydrogen) atoms. The highest BCUT2D eigenvalue weighted by molar-refractivity contribution is 7.99. The molecule has 0 saturated heterocycles. The minimum Gasteiger partial charge on any atom is -0.355 e. The van der Waals surface area contributed by atoms with Crippen molar-refractivity contribution in [2.75, 3.05) is 39.7 Å². The maximum atomic E-state index is 12.7. The summed E-state index contributed by atoms with van der Waals surface area (Å²) in [5.41, 5.74) is 2.92. The van der Waals surface area contributed by atoms with Gasteiger partial charge in [0.2, 0.25) is 17.8 Å². The zero-order valence-electron chi connectivity index (χ0n) is 20.9. The van der Waals surface area contributed by atoms with E-state index in [1.165, 1.54) is 11.8 Å². The minimum absolute atomic E-state index is 0.136. The lowest BCUT2D eigenvalue weighted by atomic mass is 10.2. The van der Waals surface area contributed by atoms with Crippen LogP contribution in [0.25, 0.3) is 5.78 Å². The van der Waals surface area contributed by atoms with Crippen LogP contribution in [0.2, 0.25) is 0 Å². The summed E-state index contributed by atoms with van der Waals surface area (Å²) in [4.78, 5) is 23.8. The number of amides is 1. The Hall–Kier alpha value is -3.86. The molecule has 0 aliphatic carbocycles. The summed E-state index contributed by atoms with van der Waals surface area (Å²) in [5, 5.41) is 18.2. The van der Waals surface area contributed by atoms with Gasteiger partial charge in [-0.15, -0.1) is 10.2 Å². The number of nitrogens with zero attached hydrogens (tertiary/aromatic N) is 6. The molecule has 0 fully saturated rings. The molecule has 4 rings (SSSR count). The summed E-state index contributed by atoms with van der Waals surface area (Å²) >= 11 is 1.28. The molecular weight excluding hydrogens is 474 g/mol. The fraction of sp³-hybridized carbons (Fsp3) is 0.320. The Morgan fingerprint density at radius 2 is 1.64 bits per heavy atom. The van der Waals surface area contributed by atoms with Crippen molar-refractivity contribution >= 4 is 52.4 Å². The van der Waals surface area contributed by atoms with E-state index in [2.05, 4.69) is 67.0 Å². The van der Waals surface area contributed by atoms with E-state index in [0.717, 1.165) is 17.1 Å². The van der Waals surface area contributed by atoms with Crippen molar-refractivity contribution in [1.29, 1.82) is 0 Å². The molecule has 2 heterocycles. The second kappa shape index (κ2) is 11.7. The molecule has 188 valence electrons. The van der Waals surface area contributed by atoms with E-state index in [0.29, 0.717) is 35.9 Å². The van der Waals surface area contributed by atoms with Gasteiger partial charge in [0.05, 0.1) is 5.75 Å². The van der Waals surface area contributed by atoms with E-state index in [4.69, 9.17) is 0 Å². The largest absolute Gasteiger partial charge is 0.355 e. The van der Waals surface area contributed by atoms with Crippen molar-refractivity contribution in [2.45, 2.75) is 38.9 Å². The Morgan fingerprint density at radius 1 is 0.944 bits per heavy atom. The number of nitrogens with one attached hydrogen (secondary N) is 3. The van der Waals surface area contributed by atoms with Crippen LogP contribution in [0, 0.1) is 0 Å². The summed E-state index contributed by atoms with van der Waals surface area (Å²) in [6, 6.07) is 18.4. The van der Waals surface area contributed by atoms with Gasteiger partial charge in [-0.3, -0.25) is 4.79 Å². The average molecular weight is 506 g/mol. The van der Waals surface area contributed by atoms with Crippen LogP contribution in [-0.4, -0.2) is 55.4 Å². The van der Waals surface area contributed by atoms with Crippen molar-refractivity contribution in [2.24, 2.45) is 0 Å². The smallest absolute Gasteiger partial charge is 0.261 e.